The summed E-state index contributed by atoms with van der Waals surface area (Å²) in [6.07, 6.45) is 0. The highest BCUT2D eigenvalue weighted by Gasteiger charge is 2.14. The molecule has 0 saturated carbocycles. The van der Waals surface area contributed by atoms with Gasteiger partial charge in [0.1, 0.15) is 4.99 Å². The molecule has 3 nitrogen and oxygen atoms in total. The van der Waals surface area contributed by atoms with E-state index < -0.39 is 0 Å². The molecule has 4 heteroatoms. The molecule has 0 saturated heterocycles. The summed E-state index contributed by atoms with van der Waals surface area (Å²) in [6.45, 7) is 2.82. The minimum atomic E-state index is 0.291. The Balaban J connectivity index is 2.56. The van der Waals surface area contributed by atoms with E-state index in [2.05, 4.69) is 37.1 Å². The van der Waals surface area contributed by atoms with Gasteiger partial charge in [0.15, 0.2) is 0 Å². The molecule has 0 fully saturated rings. The van der Waals surface area contributed by atoms with Gasteiger partial charge in [-0.2, -0.15) is 0 Å². The number of hydrogen-bond acceptors (Lipinski definition) is 3. The number of ether oxygens (including phenoxy) is 1. The molecule has 0 aliphatic rings. The van der Waals surface area contributed by atoms with Crippen molar-refractivity contribution in [3.05, 3.63) is 42.0 Å². The smallest absolute Gasteiger partial charge is 0.104 e. The second kappa shape index (κ2) is 6.20. The third-order valence-electron chi connectivity index (χ3n) is 3.62. The summed E-state index contributed by atoms with van der Waals surface area (Å²) in [4.78, 5) is 2.65. The third kappa shape index (κ3) is 2.76. The van der Waals surface area contributed by atoms with Crippen LogP contribution in [-0.2, 0) is 4.74 Å². The van der Waals surface area contributed by atoms with Crippen LogP contribution in [0.5, 0.6) is 0 Å². The molecule has 0 heterocycles. The monoisotopic (exact) mass is 288 g/mol. The topological polar surface area (TPSA) is 38.5 Å². The Labute approximate surface area is 125 Å². The quantitative estimate of drug-likeness (QED) is 0.859. The average Bonchev–Trinajstić information content (AvgIpc) is 2.45. The lowest BCUT2D eigenvalue weighted by Gasteiger charge is -2.28. The lowest BCUT2D eigenvalue weighted by Crippen LogP contribution is -2.32. The van der Waals surface area contributed by atoms with E-state index >= 15 is 0 Å². The Morgan fingerprint density at radius 2 is 1.90 bits per heavy atom. The number of rotatable bonds is 5. The van der Waals surface area contributed by atoms with Crippen molar-refractivity contribution in [2.24, 2.45) is 5.73 Å². The third-order valence-corrected chi connectivity index (χ3v) is 3.84. The van der Waals surface area contributed by atoms with Crippen molar-refractivity contribution in [1.82, 2.24) is 0 Å². The Hall–Kier alpha value is -1.65. The van der Waals surface area contributed by atoms with Crippen LogP contribution in [0.2, 0.25) is 0 Å². The van der Waals surface area contributed by atoms with Gasteiger partial charge in [-0.25, -0.2) is 0 Å². The van der Waals surface area contributed by atoms with Crippen LogP contribution in [0, 0.1) is 0 Å². The molecule has 2 rings (SSSR count). The fourth-order valence-electron chi connectivity index (χ4n) is 2.40. The van der Waals surface area contributed by atoms with Crippen molar-refractivity contribution in [2.45, 2.75) is 13.0 Å². The van der Waals surface area contributed by atoms with Gasteiger partial charge in [-0.15, -0.1) is 0 Å². The molecule has 106 valence electrons. The molecule has 0 aliphatic carbocycles. The van der Waals surface area contributed by atoms with Crippen LogP contribution in [0.15, 0.2) is 36.4 Å². The summed E-state index contributed by atoms with van der Waals surface area (Å²) >= 11 is 5.14. The van der Waals surface area contributed by atoms with Gasteiger partial charge in [0.2, 0.25) is 0 Å². The predicted octanol–water partition coefficient (Wildman–Crippen LogP) is 2.95. The molecule has 2 aromatic carbocycles. The van der Waals surface area contributed by atoms with Crippen LogP contribution in [0.3, 0.4) is 0 Å². The van der Waals surface area contributed by atoms with Crippen molar-refractivity contribution < 1.29 is 4.74 Å². The number of methoxy groups -OCH3 is 1. The molecule has 1 unspecified atom stereocenters. The molecule has 0 aliphatic heterocycles. The molecule has 0 radical (unpaired) electrons. The fraction of sp³-hybridized carbons (Fsp3) is 0.312. The van der Waals surface area contributed by atoms with Crippen molar-refractivity contribution in [3.63, 3.8) is 0 Å². The molecule has 20 heavy (non-hydrogen) atoms. The molecule has 0 bridgehead atoms. The number of likely N-dealkylation sites (N-methyl/N-ethyl adjacent to an activating group) is 1. The zero-order valence-electron chi connectivity index (χ0n) is 12.1. The van der Waals surface area contributed by atoms with Crippen molar-refractivity contribution in [1.29, 1.82) is 0 Å². The van der Waals surface area contributed by atoms with Gasteiger partial charge in [0.25, 0.3) is 0 Å². The van der Waals surface area contributed by atoms with E-state index in [0.717, 1.165) is 22.0 Å². The van der Waals surface area contributed by atoms with Crippen LogP contribution in [0.4, 0.5) is 5.69 Å². The zero-order valence-corrected chi connectivity index (χ0v) is 12.9. The first-order valence-electron chi connectivity index (χ1n) is 6.59. The highest BCUT2D eigenvalue weighted by atomic mass is 32.1. The average molecular weight is 288 g/mol. The first kappa shape index (κ1) is 14.8. The summed E-state index contributed by atoms with van der Waals surface area (Å²) in [7, 11) is 3.80. The molecular formula is C16H20N2OS. The van der Waals surface area contributed by atoms with E-state index in [4.69, 9.17) is 22.7 Å². The van der Waals surface area contributed by atoms with Gasteiger partial charge < -0.3 is 15.4 Å². The molecule has 0 spiro atoms. The Morgan fingerprint density at radius 3 is 2.50 bits per heavy atom. The van der Waals surface area contributed by atoms with E-state index in [1.165, 1.54) is 0 Å². The van der Waals surface area contributed by atoms with E-state index in [-0.39, 0.29) is 0 Å². The number of nitrogens with zero attached hydrogens (tertiary/aromatic N) is 1. The second-order valence-electron chi connectivity index (χ2n) is 4.96. The molecule has 0 amide bonds. The number of anilines is 1. The van der Waals surface area contributed by atoms with Crippen LogP contribution >= 0.6 is 12.2 Å². The van der Waals surface area contributed by atoms with Crippen molar-refractivity contribution in [3.8, 4) is 0 Å². The van der Waals surface area contributed by atoms with Gasteiger partial charge in [-0.1, -0.05) is 36.5 Å². The second-order valence-corrected chi connectivity index (χ2v) is 5.40. The van der Waals surface area contributed by atoms with E-state index in [1.807, 2.05) is 18.2 Å². The summed E-state index contributed by atoms with van der Waals surface area (Å²) in [5, 5.41) is 2.25. The van der Waals surface area contributed by atoms with E-state index in [0.29, 0.717) is 17.6 Å². The largest absolute Gasteiger partial charge is 0.389 e. The summed E-state index contributed by atoms with van der Waals surface area (Å²) in [6, 6.07) is 12.6. The number of fused-ring (bicyclic) bond motifs is 1. The maximum absolute atomic E-state index is 5.81. The van der Waals surface area contributed by atoms with Crippen LogP contribution in [0.25, 0.3) is 10.8 Å². The zero-order chi connectivity index (χ0) is 14.7. The number of benzene rings is 2. The van der Waals surface area contributed by atoms with Crippen LogP contribution in [0.1, 0.15) is 12.5 Å². The number of hydrogen-bond donors (Lipinski definition) is 1. The molecule has 0 aromatic heterocycles. The Morgan fingerprint density at radius 1 is 1.25 bits per heavy atom. The summed E-state index contributed by atoms with van der Waals surface area (Å²) in [5.74, 6) is 0. The fourth-order valence-corrected chi connectivity index (χ4v) is 2.57. The maximum atomic E-state index is 5.81. The van der Waals surface area contributed by atoms with Gasteiger partial charge in [-0.05, 0) is 24.4 Å². The lowest BCUT2D eigenvalue weighted by molar-refractivity contribution is 0.183. The standard InChI is InChI=1S/C16H20N2OS/c1-11(10-19-3)18(2)15-9-8-14(16(17)20)12-6-4-5-7-13(12)15/h4-9,11H,10H2,1-3H3,(H2,17,20). The molecule has 2 N–H and O–H groups in total. The van der Waals surface area contributed by atoms with Gasteiger partial charge in [0.05, 0.1) is 6.61 Å². The summed E-state index contributed by atoms with van der Waals surface area (Å²) < 4.78 is 5.24. The van der Waals surface area contributed by atoms with Crippen molar-refractivity contribution >= 4 is 33.7 Å². The first-order valence-corrected chi connectivity index (χ1v) is 7.00. The van der Waals surface area contributed by atoms with E-state index in [9.17, 15) is 0 Å². The minimum absolute atomic E-state index is 0.291. The van der Waals surface area contributed by atoms with Gasteiger partial charge in [0, 0.05) is 36.8 Å². The predicted molar refractivity (Wildman–Crippen MR) is 89.6 cm³/mol. The lowest BCUT2D eigenvalue weighted by atomic mass is 10.0. The summed E-state index contributed by atoms with van der Waals surface area (Å²) in [5.41, 5.74) is 7.89. The van der Waals surface area contributed by atoms with Gasteiger partial charge >= 0.3 is 0 Å². The Kier molecular flexibility index (Phi) is 4.57. The number of nitrogens with two attached hydrogens (primary N) is 1. The molecule has 1 atom stereocenters. The van der Waals surface area contributed by atoms with E-state index in [1.54, 1.807) is 7.11 Å². The highest BCUT2D eigenvalue weighted by Crippen LogP contribution is 2.30. The van der Waals surface area contributed by atoms with Crippen LogP contribution in [-0.4, -0.2) is 31.8 Å². The molecular weight excluding hydrogens is 268 g/mol. The highest BCUT2D eigenvalue weighted by molar-refractivity contribution is 7.80. The first-order chi connectivity index (χ1) is 9.56. The minimum Gasteiger partial charge on any atom is -0.389 e. The number of thiocarbonyl (C=S) groups is 1. The van der Waals surface area contributed by atoms with Gasteiger partial charge in [-0.3, -0.25) is 0 Å². The molecule has 2 aromatic rings. The van der Waals surface area contributed by atoms with Crippen molar-refractivity contribution in [2.75, 3.05) is 25.7 Å². The maximum Gasteiger partial charge on any atom is 0.104 e. The normalized spacial score (nSPS) is 12.3. The Bertz CT molecular complexity index is 627. The SMILES string of the molecule is COCC(C)N(C)c1ccc(C(N)=S)c2ccccc12. The van der Waals surface area contributed by atoms with Crippen LogP contribution < -0.4 is 10.6 Å².